The summed E-state index contributed by atoms with van der Waals surface area (Å²) in [5.41, 5.74) is 6.26. The van der Waals surface area contributed by atoms with Gasteiger partial charge in [-0.25, -0.2) is 28.0 Å². The highest BCUT2D eigenvalue weighted by Gasteiger charge is 2.34. The normalized spacial score (nSPS) is 15.1. The van der Waals surface area contributed by atoms with Crippen molar-refractivity contribution in [3.63, 3.8) is 0 Å². The van der Waals surface area contributed by atoms with Crippen LogP contribution in [0.3, 0.4) is 0 Å². The predicted octanol–water partition coefficient (Wildman–Crippen LogP) is 11.9. The number of rotatable bonds is 8. The molecule has 644 valence electrons. The standard InChI is InChI=1S/C25H27N5O3.C24H24FN5O2.C23H23N5O3.C22H20FN5O2/c1-17(2)27-12-14-28(15-13-27)25(32)29-16-21-23(20-6-4-5-7-22(20)29)26-30(24(21)31)18-8-10-19(33-3)11-9-18;1-16(2)27-11-13-28(14-12-27)24(32)29-15-18-22(17-7-3-5-9-20(17)29)26-30(23(18)31)21-10-6-4-8-19(21)25;1-25-11-13-26(14-12-25)23(30)27-15-19-21(18-5-3-4-6-20(18)27)24-28(22(19)29)16-7-9-17(31-2)10-8-16;1-25-10-12-26(13-11-25)22(30)27-14-16-20(15-6-2-4-8-18(15)27)24-28(21(16)29)19-9-5-3-7-17(19)23/h4-11,16-17H,12-15H2,1-3H3;3-10,15-16H,11-14H2,1-2H3;3-10,15H,11-14H2,1-2H3;2-9,14H,10-13H2,1H3. The summed E-state index contributed by atoms with van der Waals surface area (Å²) in [6.45, 7) is 20.3. The first kappa shape index (κ1) is 83.9. The van der Waals surface area contributed by atoms with Gasteiger partial charge in [-0.05, 0) is 139 Å². The smallest absolute Gasteiger partial charge is 0.328 e. The molecule has 32 heteroatoms. The highest BCUT2D eigenvalue weighted by atomic mass is 19.1. The first-order valence-corrected chi connectivity index (χ1v) is 42.0. The number of nitrogens with zero attached hydrogens (tertiary/aromatic N) is 20. The van der Waals surface area contributed by atoms with E-state index >= 15 is 0 Å². The average molecular weight is 1700 g/mol. The van der Waals surface area contributed by atoms with Crippen molar-refractivity contribution >= 4 is 67.7 Å². The minimum absolute atomic E-state index is 0.0831. The van der Waals surface area contributed by atoms with Gasteiger partial charge in [-0.2, -0.15) is 39.1 Å². The van der Waals surface area contributed by atoms with Crippen molar-refractivity contribution in [2.75, 3.05) is 133 Å². The van der Waals surface area contributed by atoms with Crippen LogP contribution in [-0.2, 0) is 0 Å². The Morgan fingerprint density at radius 1 is 0.310 bits per heavy atom. The molecule has 4 amide bonds. The van der Waals surface area contributed by atoms with Crippen LogP contribution in [0.4, 0.5) is 28.0 Å². The van der Waals surface area contributed by atoms with E-state index in [1.54, 1.807) is 120 Å². The molecule has 0 aromatic heterocycles. The van der Waals surface area contributed by atoms with Crippen molar-refractivity contribution in [3.05, 3.63) is 272 Å². The molecule has 0 saturated carbocycles. The van der Waals surface area contributed by atoms with E-state index < -0.39 is 22.8 Å². The third kappa shape index (κ3) is 16.1. The van der Waals surface area contributed by atoms with Gasteiger partial charge in [0.05, 0.1) is 69.9 Å². The Balaban J connectivity index is 0.000000119. The molecular formula is C94H94F2N20O10. The summed E-state index contributed by atoms with van der Waals surface area (Å²) >= 11 is 0. The lowest BCUT2D eigenvalue weighted by molar-refractivity contribution is 0.120. The summed E-state index contributed by atoms with van der Waals surface area (Å²) in [7, 11) is 7.27. The third-order valence-electron chi connectivity index (χ3n) is 24.0. The number of aromatic nitrogens is 12. The number of para-hydroxylation sites is 6. The summed E-state index contributed by atoms with van der Waals surface area (Å²) in [5.74, 6) is 0.338. The second kappa shape index (κ2) is 35.5. The summed E-state index contributed by atoms with van der Waals surface area (Å²) in [6, 6.07) is 56.5. The van der Waals surface area contributed by atoms with Gasteiger partial charge < -0.3 is 38.9 Å². The van der Waals surface area contributed by atoms with Crippen LogP contribution < -0.4 is 31.7 Å². The number of carbonyl (C=O) groups is 4. The molecular weight excluding hydrogens is 1610 g/mol. The van der Waals surface area contributed by atoms with Crippen molar-refractivity contribution < 1.29 is 37.4 Å². The molecule has 0 N–H and O–H groups in total. The van der Waals surface area contributed by atoms with Gasteiger partial charge in [-0.3, -0.25) is 47.2 Å². The van der Waals surface area contributed by atoms with E-state index in [9.17, 15) is 47.1 Å². The molecule has 0 bridgehead atoms. The Morgan fingerprint density at radius 3 is 0.810 bits per heavy atom. The lowest BCUT2D eigenvalue weighted by atomic mass is 10.1. The molecule has 0 aliphatic carbocycles. The average Bonchev–Trinajstić information content (AvgIpc) is 1.59. The van der Waals surface area contributed by atoms with Gasteiger partial charge >= 0.3 is 24.1 Å². The molecule has 8 aromatic carbocycles. The molecule has 12 aliphatic heterocycles. The molecule has 4 saturated heterocycles. The van der Waals surface area contributed by atoms with Crippen LogP contribution in [-0.4, -0.2) is 266 Å². The van der Waals surface area contributed by atoms with Crippen LogP contribution >= 0.6 is 0 Å². The van der Waals surface area contributed by atoms with Crippen LogP contribution in [0.2, 0.25) is 0 Å². The number of pyridine rings is 4. The SMILES string of the molecule is CC(C)N1CCN(C(=O)n2cc3c(=O)n(-c4ccccc4F)nc-3c3ccccc32)CC1.CN1CCN(C(=O)n2cc3c(=O)n(-c4ccccc4F)nc-3c3ccccc32)CC1.COc1ccc(-n2nc3c4ccccc4n(C(=O)N4CCN(C(C)C)CC4)cc-3c2=O)cc1.COc1ccc(-n2nc3c4ccccc4n(C(=O)N4CCN(C)CC4)cc-3c2=O)cc1. The summed E-state index contributed by atoms with van der Waals surface area (Å²) < 4.78 is 50.2. The molecule has 20 rings (SSSR count). The summed E-state index contributed by atoms with van der Waals surface area (Å²) in [6.07, 6.45) is 6.35. The van der Waals surface area contributed by atoms with Crippen molar-refractivity contribution in [2.24, 2.45) is 0 Å². The molecule has 12 aliphatic rings. The van der Waals surface area contributed by atoms with Gasteiger partial charge in [0, 0.05) is 163 Å². The maximum atomic E-state index is 14.4. The highest BCUT2D eigenvalue weighted by Crippen LogP contribution is 2.35. The number of methoxy groups -OCH3 is 2. The number of amides is 4. The zero-order valence-electron chi connectivity index (χ0n) is 71.0. The van der Waals surface area contributed by atoms with Gasteiger partial charge in [0.2, 0.25) is 0 Å². The maximum Gasteiger partial charge on any atom is 0.328 e. The van der Waals surface area contributed by atoms with E-state index in [4.69, 9.17) is 9.47 Å². The fourth-order valence-electron chi connectivity index (χ4n) is 16.7. The van der Waals surface area contributed by atoms with Gasteiger partial charge in [0.1, 0.15) is 57.3 Å². The Morgan fingerprint density at radius 2 is 0.548 bits per heavy atom. The third-order valence-corrected chi connectivity index (χ3v) is 24.0. The second-order valence-electron chi connectivity index (χ2n) is 32.2. The lowest BCUT2D eigenvalue weighted by Gasteiger charge is -2.37. The van der Waals surface area contributed by atoms with Crippen molar-refractivity contribution in [2.45, 2.75) is 39.8 Å². The number of ether oxygens (including phenoxy) is 2. The van der Waals surface area contributed by atoms with E-state index in [0.29, 0.717) is 143 Å². The summed E-state index contributed by atoms with van der Waals surface area (Å²) in [5, 5.41) is 21.0. The van der Waals surface area contributed by atoms with Gasteiger partial charge in [-0.1, -0.05) is 97.1 Å². The minimum atomic E-state index is -0.534. The number of hydrogen-bond donors (Lipinski definition) is 0. The fourth-order valence-corrected chi connectivity index (χ4v) is 16.7. The van der Waals surface area contributed by atoms with Crippen LogP contribution in [0.25, 0.3) is 111 Å². The molecule has 4 fully saturated rings. The molecule has 0 spiro atoms. The minimum Gasteiger partial charge on any atom is -0.497 e. The van der Waals surface area contributed by atoms with Gasteiger partial charge in [0.15, 0.2) is 0 Å². The predicted molar refractivity (Wildman–Crippen MR) is 479 cm³/mol. The number of likely N-dealkylation sites (N-methyl/N-ethyl adjacent to an activating group) is 2. The number of hydrogen-bond acceptors (Lipinski definition) is 18. The first-order chi connectivity index (χ1) is 61.0. The number of piperazine rings is 4. The summed E-state index contributed by atoms with van der Waals surface area (Å²) in [4.78, 5) is 123. The Bertz CT molecular complexity index is 6870. The maximum absolute atomic E-state index is 14.4. The quantitative estimate of drug-likeness (QED) is 0.137. The molecule has 0 radical (unpaired) electrons. The molecule has 12 heterocycles. The largest absolute Gasteiger partial charge is 0.497 e. The topological polar surface area (TPSA) is 272 Å². The fraction of sp³-hybridized carbons (Fsp3) is 0.277. The Hall–Kier alpha value is -14.3. The van der Waals surface area contributed by atoms with E-state index in [2.05, 4.69) is 67.7 Å². The lowest BCUT2D eigenvalue weighted by Crippen LogP contribution is -2.51. The first-order valence-electron chi connectivity index (χ1n) is 42.0. The number of halogens is 2. The van der Waals surface area contributed by atoms with Crippen LogP contribution in [0.15, 0.2) is 238 Å². The number of carbonyl (C=O) groups excluding carboxylic acids is 4. The molecule has 126 heavy (non-hydrogen) atoms. The zero-order valence-corrected chi connectivity index (χ0v) is 71.0. The van der Waals surface area contributed by atoms with Crippen molar-refractivity contribution in [3.8, 4) is 79.3 Å². The molecule has 0 unspecified atom stereocenters. The van der Waals surface area contributed by atoms with Crippen LogP contribution in [0.5, 0.6) is 11.5 Å². The van der Waals surface area contributed by atoms with Crippen LogP contribution in [0.1, 0.15) is 27.7 Å². The zero-order chi connectivity index (χ0) is 87.9. The Kier molecular flexibility index (Phi) is 23.6. The van der Waals surface area contributed by atoms with E-state index in [0.717, 1.165) is 83.5 Å². The second-order valence-corrected chi connectivity index (χ2v) is 32.2. The molecule has 8 aromatic rings. The van der Waals surface area contributed by atoms with Crippen molar-refractivity contribution in [1.82, 2.24) is 96.6 Å². The van der Waals surface area contributed by atoms with E-state index in [-0.39, 0.29) is 57.7 Å². The monoisotopic (exact) mass is 1700 g/mol. The highest BCUT2D eigenvalue weighted by molar-refractivity contribution is 6.03. The van der Waals surface area contributed by atoms with Gasteiger partial charge in [-0.15, -0.1) is 0 Å². The molecule has 30 nitrogen and oxygen atoms in total. The Labute approximate surface area is 722 Å². The number of benzene rings is 8. The van der Waals surface area contributed by atoms with E-state index in [1.165, 1.54) is 49.0 Å². The van der Waals surface area contributed by atoms with Gasteiger partial charge in [0.25, 0.3) is 22.2 Å². The van der Waals surface area contributed by atoms with Crippen molar-refractivity contribution in [1.29, 1.82) is 0 Å². The molecule has 0 atom stereocenters. The van der Waals surface area contributed by atoms with Crippen LogP contribution in [0, 0.1) is 11.6 Å². The van der Waals surface area contributed by atoms with E-state index in [1.807, 2.05) is 126 Å². The number of fused-ring (bicyclic) bond motifs is 12.